The van der Waals surface area contributed by atoms with Crippen molar-refractivity contribution in [3.63, 3.8) is 0 Å². The van der Waals surface area contributed by atoms with Crippen molar-refractivity contribution >= 4 is 11.8 Å². The van der Waals surface area contributed by atoms with Crippen LogP contribution in [0, 0.1) is 0 Å². The number of hydrogen-bond donors (Lipinski definition) is 0. The summed E-state index contributed by atoms with van der Waals surface area (Å²) in [5.74, 6) is 0. The van der Waals surface area contributed by atoms with Gasteiger partial charge >= 0.3 is 0 Å². The van der Waals surface area contributed by atoms with E-state index in [1.165, 1.54) is 12.8 Å². The highest BCUT2D eigenvalue weighted by atomic mass is 32.2. The monoisotopic (exact) mass is 212 g/mol. The zero-order valence-corrected chi connectivity index (χ0v) is 11.0. The van der Waals surface area contributed by atoms with E-state index in [2.05, 4.69) is 32.4 Å². The number of rotatable bonds is 0. The SMILES string of the molecule is C.CCC.CCC.COC.CSC. The van der Waals surface area contributed by atoms with E-state index in [4.69, 9.17) is 0 Å². The maximum absolute atomic E-state index is 4.25. The van der Waals surface area contributed by atoms with Crippen LogP contribution in [0.15, 0.2) is 0 Å². The summed E-state index contributed by atoms with van der Waals surface area (Å²) in [7, 11) is 3.25. The zero-order chi connectivity index (χ0) is 10.8. The molecule has 0 saturated carbocycles. The van der Waals surface area contributed by atoms with Crippen LogP contribution in [0.1, 0.15) is 48.0 Å². The van der Waals surface area contributed by atoms with Crippen LogP contribution in [0.25, 0.3) is 0 Å². The molecule has 0 aliphatic carbocycles. The largest absolute Gasteiger partial charge is 0.388 e. The molecular weight excluding hydrogens is 180 g/mol. The average Bonchev–Trinajstić information content (AvgIpc) is 1.92. The van der Waals surface area contributed by atoms with Crippen molar-refractivity contribution < 1.29 is 4.74 Å². The molecule has 1 nitrogen and oxygen atoms in total. The summed E-state index contributed by atoms with van der Waals surface area (Å²) in [6.45, 7) is 8.50. The minimum atomic E-state index is 0. The molecule has 0 atom stereocenters. The third-order valence-corrected chi connectivity index (χ3v) is 0. The molecule has 0 aromatic carbocycles. The Kier molecular flexibility index (Phi) is 190. The van der Waals surface area contributed by atoms with Crippen LogP contribution in [-0.4, -0.2) is 26.7 Å². The van der Waals surface area contributed by atoms with E-state index in [-0.39, 0.29) is 7.43 Å². The van der Waals surface area contributed by atoms with Crippen LogP contribution in [-0.2, 0) is 4.74 Å². The lowest BCUT2D eigenvalue weighted by molar-refractivity contribution is 0.277. The second kappa shape index (κ2) is 84.8. The van der Waals surface area contributed by atoms with E-state index in [1.807, 2.05) is 12.5 Å². The summed E-state index contributed by atoms with van der Waals surface area (Å²) < 4.78 is 4.25. The minimum absolute atomic E-state index is 0. The molecule has 0 aliphatic rings. The van der Waals surface area contributed by atoms with Crippen LogP contribution in [0.4, 0.5) is 0 Å². The topological polar surface area (TPSA) is 9.23 Å². The zero-order valence-electron chi connectivity index (χ0n) is 10.2. The maximum atomic E-state index is 4.25. The lowest BCUT2D eigenvalue weighted by Gasteiger charge is -1.61. The van der Waals surface area contributed by atoms with Gasteiger partial charge in [0, 0.05) is 14.2 Å². The summed E-state index contributed by atoms with van der Waals surface area (Å²) in [6.07, 6.45) is 6.58. The minimum Gasteiger partial charge on any atom is -0.388 e. The van der Waals surface area contributed by atoms with Gasteiger partial charge in [0.25, 0.3) is 0 Å². The molecule has 0 radical (unpaired) electrons. The Morgan fingerprint density at radius 1 is 0.846 bits per heavy atom. The van der Waals surface area contributed by atoms with Crippen molar-refractivity contribution in [1.29, 1.82) is 0 Å². The summed E-state index contributed by atoms with van der Waals surface area (Å²) in [5.41, 5.74) is 0. The Hall–Kier alpha value is 0.310. The van der Waals surface area contributed by atoms with Gasteiger partial charge in [-0.15, -0.1) is 0 Å². The first-order valence-electron chi connectivity index (χ1n) is 4.46. The lowest BCUT2D eigenvalue weighted by atomic mass is 10.6. The molecule has 2 heteroatoms. The smallest absolute Gasteiger partial charge is 0.0351 e. The lowest BCUT2D eigenvalue weighted by Crippen LogP contribution is -1.55. The molecule has 0 fully saturated rings. The van der Waals surface area contributed by atoms with Gasteiger partial charge in [0.15, 0.2) is 0 Å². The molecule has 13 heavy (non-hydrogen) atoms. The molecule has 0 rings (SSSR count). The molecule has 0 aromatic rings. The molecule has 0 saturated heterocycles. The van der Waals surface area contributed by atoms with Gasteiger partial charge in [0.05, 0.1) is 0 Å². The van der Waals surface area contributed by atoms with Crippen LogP contribution >= 0.6 is 11.8 Å². The Labute approximate surface area is 91.6 Å². The fourth-order valence-electron chi connectivity index (χ4n) is 0. The molecule has 0 spiro atoms. The highest BCUT2D eigenvalue weighted by molar-refractivity contribution is 7.97. The Morgan fingerprint density at radius 3 is 0.846 bits per heavy atom. The molecular formula is C11H32OS. The maximum Gasteiger partial charge on any atom is 0.0351 e. The van der Waals surface area contributed by atoms with E-state index < -0.39 is 0 Å². The van der Waals surface area contributed by atoms with Crippen molar-refractivity contribution in [2.45, 2.75) is 48.0 Å². The van der Waals surface area contributed by atoms with E-state index in [0.717, 1.165) is 0 Å². The molecule has 88 valence electrons. The van der Waals surface area contributed by atoms with Crippen LogP contribution in [0.5, 0.6) is 0 Å². The summed E-state index contributed by atoms with van der Waals surface area (Å²) in [6, 6.07) is 0. The van der Waals surface area contributed by atoms with E-state index in [0.29, 0.717) is 0 Å². The van der Waals surface area contributed by atoms with Gasteiger partial charge in [-0.05, 0) is 12.5 Å². The summed E-state index contributed by atoms with van der Waals surface area (Å²) in [4.78, 5) is 0. The van der Waals surface area contributed by atoms with E-state index in [9.17, 15) is 0 Å². The fraction of sp³-hybridized carbons (Fsp3) is 1.00. The van der Waals surface area contributed by atoms with Crippen molar-refractivity contribution in [2.75, 3.05) is 26.7 Å². The standard InChI is InChI=1S/2C3H8.C2H6O.C2H6S.CH4/c4*1-3-2;/h2*3H2,1-2H3;2*1-2H3;1H4. The molecule has 0 amide bonds. The molecule has 0 aromatic heterocycles. The Balaban J connectivity index is -0.0000000213. The average molecular weight is 212 g/mol. The van der Waals surface area contributed by atoms with Crippen molar-refractivity contribution in [3.05, 3.63) is 0 Å². The Morgan fingerprint density at radius 2 is 0.846 bits per heavy atom. The van der Waals surface area contributed by atoms with Gasteiger partial charge in [-0.1, -0.05) is 48.0 Å². The summed E-state index contributed by atoms with van der Waals surface area (Å²) >= 11 is 1.75. The first-order chi connectivity index (χ1) is 5.66. The van der Waals surface area contributed by atoms with Gasteiger partial charge in [-0.2, -0.15) is 11.8 Å². The third-order valence-electron chi connectivity index (χ3n) is 0. The first kappa shape index (κ1) is 29.2. The van der Waals surface area contributed by atoms with Gasteiger partial charge < -0.3 is 4.74 Å². The molecule has 0 N–H and O–H groups in total. The van der Waals surface area contributed by atoms with Gasteiger partial charge in [-0.25, -0.2) is 0 Å². The van der Waals surface area contributed by atoms with E-state index >= 15 is 0 Å². The van der Waals surface area contributed by atoms with E-state index in [1.54, 1.807) is 26.0 Å². The predicted molar refractivity (Wildman–Crippen MR) is 71.0 cm³/mol. The second-order valence-corrected chi connectivity index (χ2v) is 3.05. The second-order valence-electron chi connectivity index (χ2n) is 2.23. The van der Waals surface area contributed by atoms with Gasteiger partial charge in [-0.3, -0.25) is 0 Å². The Bertz CT molecular complexity index is 18.1. The van der Waals surface area contributed by atoms with Crippen LogP contribution in [0.2, 0.25) is 0 Å². The van der Waals surface area contributed by atoms with Crippen molar-refractivity contribution in [2.24, 2.45) is 0 Å². The fourth-order valence-corrected chi connectivity index (χ4v) is 0. The predicted octanol–water partition coefficient (Wildman–Crippen LogP) is 4.71. The normalized spacial score (nSPS) is 5.54. The third kappa shape index (κ3) is 13600. The molecule has 0 heterocycles. The van der Waals surface area contributed by atoms with Gasteiger partial charge in [0.1, 0.15) is 0 Å². The first-order valence-corrected chi connectivity index (χ1v) is 6.09. The number of hydrogen-bond acceptors (Lipinski definition) is 2. The summed E-state index contributed by atoms with van der Waals surface area (Å²) in [5, 5.41) is 0. The number of thioether (sulfide) groups is 1. The highest BCUT2D eigenvalue weighted by Gasteiger charge is 1.36. The molecule has 0 unspecified atom stereocenters. The highest BCUT2D eigenvalue weighted by Crippen LogP contribution is 1.70. The van der Waals surface area contributed by atoms with Crippen molar-refractivity contribution in [1.82, 2.24) is 0 Å². The number of methoxy groups -OCH3 is 1. The quantitative estimate of drug-likeness (QED) is 0.575. The molecule has 0 bridgehead atoms. The van der Waals surface area contributed by atoms with Gasteiger partial charge in [0.2, 0.25) is 0 Å². The molecule has 0 aliphatic heterocycles. The van der Waals surface area contributed by atoms with Crippen LogP contribution < -0.4 is 0 Å². The van der Waals surface area contributed by atoms with Crippen molar-refractivity contribution in [3.8, 4) is 0 Å². The van der Waals surface area contributed by atoms with Crippen LogP contribution in [0.3, 0.4) is 0 Å². The number of ether oxygens (including phenoxy) is 1.